The number of pyridine rings is 1. The van der Waals surface area contributed by atoms with E-state index in [1.807, 2.05) is 6.07 Å². The van der Waals surface area contributed by atoms with Gasteiger partial charge in [0.05, 0.1) is 29.4 Å². The number of hydrogen-bond donors (Lipinski definition) is 0. The van der Waals surface area contributed by atoms with Gasteiger partial charge in [0.15, 0.2) is 13.2 Å². The molecule has 0 fully saturated rings. The third-order valence-electron chi connectivity index (χ3n) is 5.43. The average Bonchev–Trinajstić information content (AvgIpc) is 2.90. The number of rotatable bonds is 9. The van der Waals surface area contributed by atoms with Gasteiger partial charge in [0.1, 0.15) is 5.75 Å². The number of amides is 1. The molecule has 0 atom stereocenters. The Labute approximate surface area is 219 Å². The minimum atomic E-state index is -0.610. The molecular weight excluding hydrogens is 507 g/mol. The summed E-state index contributed by atoms with van der Waals surface area (Å²) in [6.45, 7) is -0.474. The Hall–Kier alpha value is -3.54. The van der Waals surface area contributed by atoms with E-state index in [0.29, 0.717) is 24.0 Å². The van der Waals surface area contributed by atoms with Crippen molar-refractivity contribution in [2.24, 2.45) is 0 Å². The van der Waals surface area contributed by atoms with Gasteiger partial charge in [-0.1, -0.05) is 35.2 Å². The van der Waals surface area contributed by atoms with Crippen LogP contribution in [0.3, 0.4) is 0 Å². The van der Waals surface area contributed by atoms with E-state index in [1.54, 1.807) is 18.5 Å². The molecule has 3 rings (SSSR count). The van der Waals surface area contributed by atoms with Crippen LogP contribution in [0.1, 0.15) is 31.2 Å². The number of anilines is 1. The van der Waals surface area contributed by atoms with Crippen LogP contribution in [0.2, 0.25) is 10.0 Å². The Morgan fingerprint density at radius 3 is 2.56 bits per heavy atom. The molecule has 2 aromatic rings. The van der Waals surface area contributed by atoms with Crippen LogP contribution in [-0.4, -0.2) is 43.2 Å². The van der Waals surface area contributed by atoms with Crippen LogP contribution in [0.25, 0.3) is 0 Å². The number of hydrogen-bond acceptors (Lipinski definition) is 7. The van der Waals surface area contributed by atoms with E-state index in [-0.39, 0.29) is 41.2 Å². The summed E-state index contributed by atoms with van der Waals surface area (Å²) >= 11 is 12.8. The molecule has 1 amide bonds. The fourth-order valence-corrected chi connectivity index (χ4v) is 4.24. The highest BCUT2D eigenvalue weighted by Gasteiger charge is 2.30. The van der Waals surface area contributed by atoms with Crippen molar-refractivity contribution in [2.45, 2.75) is 32.2 Å². The SMILES string of the molecule is C#CCOC(=O)C1=C(C(=O)N(Cc2cccnc2)c2cc(OCC(=O)OC)c(Cl)cc2Cl)CCCC1. The third-order valence-corrected chi connectivity index (χ3v) is 6.03. The van der Waals surface area contributed by atoms with Crippen molar-refractivity contribution >= 4 is 46.7 Å². The molecule has 1 heterocycles. The zero-order valence-electron chi connectivity index (χ0n) is 19.6. The molecule has 0 saturated carbocycles. The van der Waals surface area contributed by atoms with Gasteiger partial charge in [0.25, 0.3) is 5.91 Å². The Morgan fingerprint density at radius 1 is 1.14 bits per heavy atom. The molecule has 0 unspecified atom stereocenters. The molecule has 188 valence electrons. The molecule has 1 aromatic carbocycles. The van der Waals surface area contributed by atoms with Crippen molar-refractivity contribution in [3.05, 3.63) is 63.4 Å². The summed E-state index contributed by atoms with van der Waals surface area (Å²) in [5.41, 5.74) is 1.63. The number of halogens is 2. The quantitative estimate of drug-likeness (QED) is 0.347. The van der Waals surface area contributed by atoms with Crippen molar-refractivity contribution in [1.82, 2.24) is 4.98 Å². The number of methoxy groups -OCH3 is 1. The normalized spacial score (nSPS) is 12.9. The van der Waals surface area contributed by atoms with E-state index < -0.39 is 17.8 Å². The molecule has 0 N–H and O–H groups in total. The first-order chi connectivity index (χ1) is 17.3. The molecule has 36 heavy (non-hydrogen) atoms. The lowest BCUT2D eigenvalue weighted by Gasteiger charge is -2.28. The first-order valence-electron chi connectivity index (χ1n) is 11.1. The number of terminal acetylenes is 1. The number of carbonyl (C=O) groups is 3. The molecule has 10 heteroatoms. The molecule has 0 radical (unpaired) electrons. The molecule has 8 nitrogen and oxygen atoms in total. The van der Waals surface area contributed by atoms with Gasteiger partial charge in [-0.15, -0.1) is 6.42 Å². The monoisotopic (exact) mass is 530 g/mol. The average molecular weight is 531 g/mol. The molecule has 0 aliphatic heterocycles. The number of aromatic nitrogens is 1. The second kappa shape index (κ2) is 13.0. The van der Waals surface area contributed by atoms with E-state index in [4.69, 9.17) is 39.1 Å². The summed E-state index contributed by atoms with van der Waals surface area (Å²) in [5, 5.41) is 0.326. The summed E-state index contributed by atoms with van der Waals surface area (Å²) in [6, 6.07) is 6.45. The van der Waals surface area contributed by atoms with E-state index in [2.05, 4.69) is 15.6 Å². The molecule has 1 aliphatic carbocycles. The van der Waals surface area contributed by atoms with Gasteiger partial charge >= 0.3 is 11.9 Å². The smallest absolute Gasteiger partial charge is 0.343 e. The van der Waals surface area contributed by atoms with Crippen molar-refractivity contribution < 1.29 is 28.6 Å². The number of benzene rings is 1. The summed E-state index contributed by atoms with van der Waals surface area (Å²) in [7, 11) is 1.24. The molecular formula is C26H24Cl2N2O6. The van der Waals surface area contributed by atoms with Gasteiger partial charge in [0.2, 0.25) is 0 Å². The highest BCUT2D eigenvalue weighted by atomic mass is 35.5. The first-order valence-corrected chi connectivity index (χ1v) is 11.8. The standard InChI is InChI=1S/C26H24Cl2N2O6/c1-3-11-35-26(33)19-9-5-4-8-18(19)25(32)30(15-17-7-6-10-29-14-17)22-13-23(21(28)12-20(22)27)36-16-24(31)34-2/h1,6-7,10,12-14H,4-5,8-9,11,15-16H2,2H3. The lowest BCUT2D eigenvalue weighted by Crippen LogP contribution is -2.34. The summed E-state index contributed by atoms with van der Waals surface area (Å²) in [6.07, 6.45) is 10.7. The van der Waals surface area contributed by atoms with Crippen LogP contribution in [0, 0.1) is 12.3 Å². The topological polar surface area (TPSA) is 95.0 Å². The Bertz CT molecular complexity index is 1210. The number of carbonyl (C=O) groups excluding carboxylic acids is 3. The van der Waals surface area contributed by atoms with Crippen LogP contribution in [0.5, 0.6) is 5.75 Å². The van der Waals surface area contributed by atoms with E-state index in [9.17, 15) is 14.4 Å². The van der Waals surface area contributed by atoms with Crippen LogP contribution >= 0.6 is 23.2 Å². The van der Waals surface area contributed by atoms with Crippen LogP contribution in [0.4, 0.5) is 5.69 Å². The zero-order chi connectivity index (χ0) is 26.1. The highest BCUT2D eigenvalue weighted by Crippen LogP contribution is 2.39. The maximum absolute atomic E-state index is 13.9. The maximum Gasteiger partial charge on any atom is 0.343 e. The predicted octanol–water partition coefficient (Wildman–Crippen LogP) is 4.52. The first kappa shape index (κ1) is 27.1. The minimum Gasteiger partial charge on any atom is -0.480 e. The molecule has 1 aromatic heterocycles. The van der Waals surface area contributed by atoms with Gasteiger partial charge in [0, 0.05) is 29.6 Å². The second-order valence-corrected chi connectivity index (χ2v) is 8.61. The van der Waals surface area contributed by atoms with E-state index in [1.165, 1.54) is 24.1 Å². The Morgan fingerprint density at radius 2 is 1.89 bits per heavy atom. The minimum absolute atomic E-state index is 0.0979. The molecule has 1 aliphatic rings. The summed E-state index contributed by atoms with van der Waals surface area (Å²) in [5.74, 6) is 0.762. The number of esters is 2. The highest BCUT2D eigenvalue weighted by molar-refractivity contribution is 6.37. The fraction of sp³-hybridized carbons (Fsp3) is 0.308. The Balaban J connectivity index is 2.07. The van der Waals surface area contributed by atoms with Crippen molar-refractivity contribution in [1.29, 1.82) is 0 Å². The number of nitrogens with zero attached hydrogens (tertiary/aromatic N) is 2. The lowest BCUT2D eigenvalue weighted by atomic mass is 9.90. The van der Waals surface area contributed by atoms with Crippen molar-refractivity contribution in [3.8, 4) is 18.1 Å². The van der Waals surface area contributed by atoms with Crippen LogP contribution < -0.4 is 9.64 Å². The van der Waals surface area contributed by atoms with E-state index in [0.717, 1.165) is 18.4 Å². The van der Waals surface area contributed by atoms with Gasteiger partial charge in [-0.3, -0.25) is 9.78 Å². The molecule has 0 saturated heterocycles. The van der Waals surface area contributed by atoms with Gasteiger partial charge in [-0.2, -0.15) is 0 Å². The molecule has 0 bridgehead atoms. The number of ether oxygens (including phenoxy) is 3. The summed E-state index contributed by atoms with van der Waals surface area (Å²) < 4.78 is 15.2. The summed E-state index contributed by atoms with van der Waals surface area (Å²) in [4.78, 5) is 43.7. The van der Waals surface area contributed by atoms with Gasteiger partial charge in [-0.25, -0.2) is 9.59 Å². The van der Waals surface area contributed by atoms with E-state index >= 15 is 0 Å². The predicted molar refractivity (Wildman–Crippen MR) is 135 cm³/mol. The van der Waals surface area contributed by atoms with Crippen LogP contribution in [0.15, 0.2) is 47.8 Å². The second-order valence-electron chi connectivity index (χ2n) is 7.80. The zero-order valence-corrected chi connectivity index (χ0v) is 21.1. The van der Waals surface area contributed by atoms with Gasteiger partial charge in [-0.05, 0) is 43.4 Å². The largest absolute Gasteiger partial charge is 0.480 e. The fourth-order valence-electron chi connectivity index (χ4n) is 3.70. The lowest BCUT2D eigenvalue weighted by molar-refractivity contribution is -0.143. The third kappa shape index (κ3) is 6.78. The van der Waals surface area contributed by atoms with Crippen LogP contribution in [-0.2, 0) is 30.4 Å². The van der Waals surface area contributed by atoms with Crippen molar-refractivity contribution in [2.75, 3.05) is 25.2 Å². The Kier molecular flexibility index (Phi) is 9.74. The van der Waals surface area contributed by atoms with Crippen molar-refractivity contribution in [3.63, 3.8) is 0 Å². The maximum atomic E-state index is 13.9. The molecule has 0 spiro atoms. The van der Waals surface area contributed by atoms with Gasteiger partial charge < -0.3 is 19.1 Å².